The first-order valence-corrected chi connectivity index (χ1v) is 3.96. The number of aliphatic hydroxyl groups is 1. The molecule has 0 rings (SSSR count). The highest BCUT2D eigenvalue weighted by atomic mass is 19.4. The summed E-state index contributed by atoms with van der Waals surface area (Å²) in [5, 5.41) is 10.8. The fourth-order valence-electron chi connectivity index (χ4n) is 0.582. The predicted octanol–water partition coefficient (Wildman–Crippen LogP) is 1.05. The Morgan fingerprint density at radius 2 is 2.14 bits per heavy atom. The molecule has 0 saturated carbocycles. The van der Waals surface area contributed by atoms with E-state index in [0.717, 1.165) is 0 Å². The molecular weight excluding hydrogens is 203 g/mol. The van der Waals surface area contributed by atoms with E-state index in [2.05, 4.69) is 10.1 Å². The van der Waals surface area contributed by atoms with Crippen LogP contribution in [-0.4, -0.2) is 36.6 Å². The van der Waals surface area contributed by atoms with Gasteiger partial charge in [-0.1, -0.05) is 0 Å². The summed E-state index contributed by atoms with van der Waals surface area (Å²) in [5.41, 5.74) is 0. The van der Waals surface area contributed by atoms with Crippen molar-refractivity contribution in [1.29, 1.82) is 0 Å². The van der Waals surface area contributed by atoms with Crippen molar-refractivity contribution in [2.45, 2.75) is 25.6 Å². The molecule has 4 nitrogen and oxygen atoms in total. The van der Waals surface area contributed by atoms with Crippen LogP contribution >= 0.6 is 0 Å². The first-order valence-electron chi connectivity index (χ1n) is 3.96. The van der Waals surface area contributed by atoms with E-state index in [1.807, 2.05) is 0 Å². The van der Waals surface area contributed by atoms with E-state index in [-0.39, 0.29) is 13.0 Å². The van der Waals surface area contributed by atoms with Gasteiger partial charge in [0.05, 0.1) is 6.10 Å². The maximum Gasteiger partial charge on any atom is 0.422 e. The molecule has 7 heteroatoms. The summed E-state index contributed by atoms with van der Waals surface area (Å²) in [7, 11) is 0. The van der Waals surface area contributed by atoms with E-state index >= 15 is 0 Å². The third-order valence-corrected chi connectivity index (χ3v) is 1.20. The summed E-state index contributed by atoms with van der Waals surface area (Å²) < 4.78 is 38.4. The molecule has 0 aromatic heterocycles. The van der Waals surface area contributed by atoms with E-state index in [4.69, 9.17) is 5.11 Å². The number of amides is 1. The molecule has 0 heterocycles. The van der Waals surface area contributed by atoms with Crippen LogP contribution < -0.4 is 5.32 Å². The van der Waals surface area contributed by atoms with Crippen LogP contribution in [0.4, 0.5) is 18.0 Å². The molecule has 0 aliphatic rings. The second kappa shape index (κ2) is 5.69. The third kappa shape index (κ3) is 9.11. The van der Waals surface area contributed by atoms with Gasteiger partial charge in [-0.15, -0.1) is 0 Å². The largest absolute Gasteiger partial charge is 0.440 e. The summed E-state index contributed by atoms with van der Waals surface area (Å²) in [6.45, 7) is -0.0232. The molecule has 0 bridgehead atoms. The summed E-state index contributed by atoms with van der Waals surface area (Å²) in [6, 6.07) is 0. The normalized spacial score (nSPS) is 13.5. The van der Waals surface area contributed by atoms with Crippen LogP contribution in [0.2, 0.25) is 0 Å². The lowest BCUT2D eigenvalue weighted by molar-refractivity contribution is -0.160. The number of halogens is 3. The molecule has 0 aliphatic carbocycles. The molecule has 0 aliphatic heterocycles. The van der Waals surface area contributed by atoms with E-state index in [1.54, 1.807) is 0 Å². The van der Waals surface area contributed by atoms with Gasteiger partial charge in [-0.05, 0) is 13.3 Å². The van der Waals surface area contributed by atoms with Gasteiger partial charge in [0.25, 0.3) is 0 Å². The molecule has 84 valence electrons. The molecule has 1 atom stereocenters. The zero-order chi connectivity index (χ0) is 11.2. The van der Waals surface area contributed by atoms with Crippen molar-refractivity contribution in [2.24, 2.45) is 0 Å². The molecule has 1 amide bonds. The zero-order valence-corrected chi connectivity index (χ0v) is 7.60. The van der Waals surface area contributed by atoms with Gasteiger partial charge in [0, 0.05) is 6.54 Å². The van der Waals surface area contributed by atoms with Crippen molar-refractivity contribution >= 4 is 6.09 Å². The average Bonchev–Trinajstić information content (AvgIpc) is 1.99. The maximum atomic E-state index is 11.5. The fraction of sp³-hybridized carbons (Fsp3) is 0.857. The number of alkyl carbamates (subject to hydrolysis) is 1. The Morgan fingerprint density at radius 3 is 2.57 bits per heavy atom. The van der Waals surface area contributed by atoms with Crippen LogP contribution in [0.15, 0.2) is 0 Å². The van der Waals surface area contributed by atoms with Gasteiger partial charge >= 0.3 is 12.3 Å². The average molecular weight is 215 g/mol. The smallest absolute Gasteiger partial charge is 0.422 e. The zero-order valence-electron chi connectivity index (χ0n) is 7.60. The van der Waals surface area contributed by atoms with Gasteiger partial charge in [-0.2, -0.15) is 13.2 Å². The summed E-state index contributed by atoms with van der Waals surface area (Å²) in [5.74, 6) is 0. The first kappa shape index (κ1) is 13.0. The number of alkyl halides is 3. The number of aliphatic hydroxyl groups excluding tert-OH is 1. The van der Waals surface area contributed by atoms with Crippen molar-refractivity contribution in [2.75, 3.05) is 13.2 Å². The number of rotatable bonds is 4. The lowest BCUT2D eigenvalue weighted by Gasteiger charge is -2.09. The second-order valence-electron chi connectivity index (χ2n) is 2.76. The van der Waals surface area contributed by atoms with Gasteiger partial charge in [0.2, 0.25) is 0 Å². The Morgan fingerprint density at radius 1 is 1.57 bits per heavy atom. The molecule has 0 aromatic carbocycles. The number of hydrogen-bond donors (Lipinski definition) is 2. The van der Waals surface area contributed by atoms with Crippen LogP contribution in [0, 0.1) is 0 Å². The number of carbonyl (C=O) groups excluding carboxylic acids is 1. The minimum absolute atomic E-state index is 0.0777. The minimum Gasteiger partial charge on any atom is -0.440 e. The van der Waals surface area contributed by atoms with Crippen LogP contribution in [0.5, 0.6) is 0 Å². The second-order valence-corrected chi connectivity index (χ2v) is 2.76. The van der Waals surface area contributed by atoms with Crippen LogP contribution in [0.3, 0.4) is 0 Å². The molecule has 0 spiro atoms. The summed E-state index contributed by atoms with van der Waals surface area (Å²) in [6.07, 6.45) is -6.00. The Labute approximate surface area is 79.0 Å². The quantitative estimate of drug-likeness (QED) is 0.736. The number of hydrogen-bond acceptors (Lipinski definition) is 3. The highest BCUT2D eigenvalue weighted by Crippen LogP contribution is 2.14. The van der Waals surface area contributed by atoms with Crippen molar-refractivity contribution in [3.8, 4) is 0 Å². The highest BCUT2D eigenvalue weighted by molar-refractivity contribution is 5.67. The van der Waals surface area contributed by atoms with Crippen LogP contribution in [0.1, 0.15) is 13.3 Å². The van der Waals surface area contributed by atoms with Crippen molar-refractivity contribution in [1.82, 2.24) is 5.32 Å². The Bertz CT molecular complexity index is 182. The van der Waals surface area contributed by atoms with Gasteiger partial charge in [-0.3, -0.25) is 0 Å². The molecule has 0 radical (unpaired) electrons. The summed E-state index contributed by atoms with van der Waals surface area (Å²) >= 11 is 0. The van der Waals surface area contributed by atoms with E-state index < -0.39 is 25.0 Å². The monoisotopic (exact) mass is 215 g/mol. The van der Waals surface area contributed by atoms with Gasteiger partial charge in [0.15, 0.2) is 6.61 Å². The van der Waals surface area contributed by atoms with E-state index in [0.29, 0.717) is 0 Å². The van der Waals surface area contributed by atoms with Crippen molar-refractivity contribution in [3.05, 3.63) is 0 Å². The predicted molar refractivity (Wildman–Crippen MR) is 41.7 cm³/mol. The SMILES string of the molecule is CC(O)CCNC(=O)OCC(F)(F)F. The first-order chi connectivity index (χ1) is 6.31. The summed E-state index contributed by atoms with van der Waals surface area (Å²) in [4.78, 5) is 10.6. The van der Waals surface area contributed by atoms with Crippen LogP contribution in [-0.2, 0) is 4.74 Å². The molecule has 1 unspecified atom stereocenters. The third-order valence-electron chi connectivity index (χ3n) is 1.20. The standard InChI is InChI=1S/C7H12F3NO3/c1-5(12)2-3-11-6(13)14-4-7(8,9)10/h5,12H,2-4H2,1H3,(H,11,13). The number of carbonyl (C=O) groups is 1. The molecule has 0 aromatic rings. The minimum atomic E-state index is -4.51. The van der Waals surface area contributed by atoms with Gasteiger partial charge in [0.1, 0.15) is 0 Å². The highest BCUT2D eigenvalue weighted by Gasteiger charge is 2.29. The lowest BCUT2D eigenvalue weighted by Crippen LogP contribution is -2.30. The molecule has 2 N–H and O–H groups in total. The van der Waals surface area contributed by atoms with Crippen LogP contribution in [0.25, 0.3) is 0 Å². The number of nitrogens with one attached hydrogen (secondary N) is 1. The fourth-order valence-corrected chi connectivity index (χ4v) is 0.582. The Kier molecular flexibility index (Phi) is 5.29. The topological polar surface area (TPSA) is 58.6 Å². The van der Waals surface area contributed by atoms with Gasteiger partial charge in [-0.25, -0.2) is 4.79 Å². The lowest BCUT2D eigenvalue weighted by atomic mass is 10.3. The molecular formula is C7H12F3NO3. The van der Waals surface area contributed by atoms with E-state index in [9.17, 15) is 18.0 Å². The Hall–Kier alpha value is -0.980. The van der Waals surface area contributed by atoms with E-state index in [1.165, 1.54) is 6.92 Å². The van der Waals surface area contributed by atoms with Gasteiger partial charge < -0.3 is 15.2 Å². The maximum absolute atomic E-state index is 11.5. The number of ether oxygens (including phenoxy) is 1. The molecule has 0 saturated heterocycles. The Balaban J connectivity index is 3.47. The molecule has 14 heavy (non-hydrogen) atoms. The van der Waals surface area contributed by atoms with Crippen molar-refractivity contribution < 1.29 is 27.8 Å². The molecule has 0 fully saturated rings. The van der Waals surface area contributed by atoms with Crippen molar-refractivity contribution in [3.63, 3.8) is 0 Å².